The summed E-state index contributed by atoms with van der Waals surface area (Å²) in [7, 11) is 0. The maximum atomic E-state index is 11.8. The van der Waals surface area contributed by atoms with Crippen molar-refractivity contribution in [2.75, 3.05) is 12.3 Å². The third kappa shape index (κ3) is 3.75. The van der Waals surface area contributed by atoms with Gasteiger partial charge in [0.2, 0.25) is 0 Å². The van der Waals surface area contributed by atoms with Gasteiger partial charge in [0.25, 0.3) is 5.91 Å². The van der Waals surface area contributed by atoms with E-state index in [-0.39, 0.29) is 5.91 Å². The highest BCUT2D eigenvalue weighted by molar-refractivity contribution is 5.95. The van der Waals surface area contributed by atoms with Crippen LogP contribution in [0.2, 0.25) is 0 Å². The third-order valence-corrected chi connectivity index (χ3v) is 3.26. The zero-order valence-corrected chi connectivity index (χ0v) is 12.3. The predicted octanol–water partition coefficient (Wildman–Crippen LogP) is 2.91. The van der Waals surface area contributed by atoms with Crippen molar-refractivity contribution in [2.45, 2.75) is 20.5 Å². The van der Waals surface area contributed by atoms with E-state index in [9.17, 15) is 4.79 Å². The van der Waals surface area contributed by atoms with Crippen molar-refractivity contribution >= 4 is 11.6 Å². The molecule has 3 N–H and O–H groups in total. The van der Waals surface area contributed by atoms with Crippen LogP contribution in [0.15, 0.2) is 42.5 Å². The van der Waals surface area contributed by atoms with E-state index < -0.39 is 0 Å². The molecule has 0 saturated carbocycles. The summed E-state index contributed by atoms with van der Waals surface area (Å²) in [5.41, 5.74) is 9.24. The number of carbonyl (C=O) groups is 1. The number of aryl methyl sites for hydroxylation is 1. The van der Waals surface area contributed by atoms with E-state index in [1.165, 1.54) is 0 Å². The van der Waals surface area contributed by atoms with Gasteiger partial charge in [0.05, 0.1) is 5.69 Å². The molecule has 0 aliphatic rings. The molecule has 1 amide bonds. The van der Waals surface area contributed by atoms with Crippen LogP contribution in [0.25, 0.3) is 0 Å². The van der Waals surface area contributed by atoms with E-state index in [4.69, 9.17) is 10.5 Å². The summed E-state index contributed by atoms with van der Waals surface area (Å²) in [6, 6.07) is 13.1. The van der Waals surface area contributed by atoms with Crippen LogP contribution in [0.3, 0.4) is 0 Å². The van der Waals surface area contributed by atoms with E-state index in [2.05, 4.69) is 5.32 Å². The van der Waals surface area contributed by atoms with Gasteiger partial charge >= 0.3 is 0 Å². The Bertz CT molecular complexity index is 638. The molecule has 0 atom stereocenters. The van der Waals surface area contributed by atoms with E-state index in [0.717, 1.165) is 11.1 Å². The minimum atomic E-state index is -0.127. The van der Waals surface area contributed by atoms with Crippen LogP contribution >= 0.6 is 0 Å². The molecule has 0 heterocycles. The topological polar surface area (TPSA) is 64.4 Å². The summed E-state index contributed by atoms with van der Waals surface area (Å²) in [4.78, 5) is 11.8. The Morgan fingerprint density at radius 3 is 2.71 bits per heavy atom. The Morgan fingerprint density at radius 2 is 2.00 bits per heavy atom. The molecule has 2 aromatic carbocycles. The second-order valence-corrected chi connectivity index (χ2v) is 4.83. The number of nitrogen functional groups attached to an aromatic ring is 1. The Balaban J connectivity index is 2.14. The third-order valence-electron chi connectivity index (χ3n) is 3.26. The van der Waals surface area contributed by atoms with Gasteiger partial charge in [0.1, 0.15) is 12.4 Å². The summed E-state index contributed by atoms with van der Waals surface area (Å²) >= 11 is 0. The number of hydrogen-bond acceptors (Lipinski definition) is 3. The molecule has 0 saturated heterocycles. The summed E-state index contributed by atoms with van der Waals surface area (Å²) in [6.07, 6.45) is 0. The molecule has 2 rings (SSSR count). The zero-order chi connectivity index (χ0) is 15.2. The summed E-state index contributed by atoms with van der Waals surface area (Å²) in [5.74, 6) is 0.403. The highest BCUT2D eigenvalue weighted by atomic mass is 16.5. The summed E-state index contributed by atoms with van der Waals surface area (Å²) < 4.78 is 5.77. The minimum Gasteiger partial charge on any atom is -0.487 e. The predicted molar refractivity (Wildman–Crippen MR) is 84.4 cm³/mol. The maximum Gasteiger partial charge on any atom is 0.251 e. The van der Waals surface area contributed by atoms with Crippen LogP contribution < -0.4 is 15.8 Å². The van der Waals surface area contributed by atoms with Crippen molar-refractivity contribution < 1.29 is 9.53 Å². The molecule has 0 bridgehead atoms. The minimum absolute atomic E-state index is 0.127. The number of anilines is 1. The molecule has 21 heavy (non-hydrogen) atoms. The van der Waals surface area contributed by atoms with Crippen LogP contribution in [-0.2, 0) is 6.61 Å². The van der Waals surface area contributed by atoms with Gasteiger partial charge in [-0.1, -0.05) is 24.3 Å². The second kappa shape index (κ2) is 6.79. The Morgan fingerprint density at radius 1 is 1.24 bits per heavy atom. The first-order chi connectivity index (χ1) is 10.1. The number of nitrogens with one attached hydrogen (secondary N) is 1. The first kappa shape index (κ1) is 14.9. The monoisotopic (exact) mass is 284 g/mol. The van der Waals surface area contributed by atoms with E-state index >= 15 is 0 Å². The van der Waals surface area contributed by atoms with Crippen molar-refractivity contribution in [3.05, 3.63) is 59.2 Å². The number of rotatable bonds is 5. The SMILES string of the molecule is CCNC(=O)c1ccc(N)c(OCc2ccccc2C)c1. The first-order valence-electron chi connectivity index (χ1n) is 6.97. The van der Waals surface area contributed by atoms with Gasteiger partial charge in [-0.25, -0.2) is 0 Å². The Labute approximate surface area is 124 Å². The standard InChI is InChI=1S/C17H20N2O2/c1-3-19-17(20)13-8-9-15(18)16(10-13)21-11-14-7-5-4-6-12(14)2/h4-10H,3,11,18H2,1-2H3,(H,19,20). The van der Waals surface area contributed by atoms with Crippen LogP contribution in [0.1, 0.15) is 28.4 Å². The lowest BCUT2D eigenvalue weighted by Gasteiger charge is -2.12. The fourth-order valence-electron chi connectivity index (χ4n) is 1.99. The molecule has 0 radical (unpaired) electrons. The second-order valence-electron chi connectivity index (χ2n) is 4.83. The van der Waals surface area contributed by atoms with Gasteiger partial charge in [-0.2, -0.15) is 0 Å². The van der Waals surface area contributed by atoms with Gasteiger partial charge in [0, 0.05) is 12.1 Å². The van der Waals surface area contributed by atoms with Crippen molar-refractivity contribution in [2.24, 2.45) is 0 Å². The molecule has 0 aliphatic carbocycles. The molecular formula is C17H20N2O2. The van der Waals surface area contributed by atoms with Crippen LogP contribution in [0.4, 0.5) is 5.69 Å². The number of carbonyl (C=O) groups excluding carboxylic acids is 1. The van der Waals surface area contributed by atoms with Gasteiger partial charge in [-0.3, -0.25) is 4.79 Å². The molecule has 0 spiro atoms. The average Bonchev–Trinajstić information content (AvgIpc) is 2.48. The average molecular weight is 284 g/mol. The lowest BCUT2D eigenvalue weighted by Crippen LogP contribution is -2.22. The number of benzene rings is 2. The van der Waals surface area contributed by atoms with Crippen LogP contribution in [0.5, 0.6) is 5.75 Å². The van der Waals surface area contributed by atoms with Crippen molar-refractivity contribution in [1.82, 2.24) is 5.32 Å². The lowest BCUT2D eigenvalue weighted by atomic mass is 10.1. The van der Waals surface area contributed by atoms with Crippen LogP contribution in [0, 0.1) is 6.92 Å². The van der Waals surface area contributed by atoms with Gasteiger partial charge < -0.3 is 15.8 Å². The van der Waals surface area contributed by atoms with Crippen LogP contribution in [-0.4, -0.2) is 12.5 Å². The summed E-state index contributed by atoms with van der Waals surface area (Å²) in [5, 5.41) is 2.76. The number of hydrogen-bond donors (Lipinski definition) is 2. The number of amides is 1. The van der Waals surface area contributed by atoms with Gasteiger partial charge in [0.15, 0.2) is 0 Å². The molecule has 0 fully saturated rings. The number of nitrogens with two attached hydrogens (primary N) is 1. The molecule has 4 heteroatoms. The molecular weight excluding hydrogens is 264 g/mol. The van der Waals surface area contributed by atoms with Crippen molar-refractivity contribution in [1.29, 1.82) is 0 Å². The highest BCUT2D eigenvalue weighted by Crippen LogP contribution is 2.24. The van der Waals surface area contributed by atoms with Crippen molar-refractivity contribution in [3.63, 3.8) is 0 Å². The summed E-state index contributed by atoms with van der Waals surface area (Å²) in [6.45, 7) is 4.93. The normalized spacial score (nSPS) is 10.2. The molecule has 2 aromatic rings. The van der Waals surface area contributed by atoms with Gasteiger partial charge in [-0.05, 0) is 43.2 Å². The number of ether oxygens (including phenoxy) is 1. The zero-order valence-electron chi connectivity index (χ0n) is 12.3. The quantitative estimate of drug-likeness (QED) is 0.830. The molecule has 0 aliphatic heterocycles. The van der Waals surface area contributed by atoms with E-state index in [1.54, 1.807) is 18.2 Å². The van der Waals surface area contributed by atoms with E-state index in [0.29, 0.717) is 30.2 Å². The first-order valence-corrected chi connectivity index (χ1v) is 6.97. The Kier molecular flexibility index (Phi) is 4.82. The van der Waals surface area contributed by atoms with Crippen molar-refractivity contribution in [3.8, 4) is 5.75 Å². The fourth-order valence-corrected chi connectivity index (χ4v) is 1.99. The molecule has 4 nitrogen and oxygen atoms in total. The smallest absolute Gasteiger partial charge is 0.251 e. The highest BCUT2D eigenvalue weighted by Gasteiger charge is 2.09. The molecule has 110 valence electrons. The molecule has 0 aromatic heterocycles. The Hall–Kier alpha value is -2.49. The fraction of sp³-hybridized carbons (Fsp3) is 0.235. The largest absolute Gasteiger partial charge is 0.487 e. The maximum absolute atomic E-state index is 11.8. The van der Waals surface area contributed by atoms with Gasteiger partial charge in [-0.15, -0.1) is 0 Å². The molecule has 0 unspecified atom stereocenters. The lowest BCUT2D eigenvalue weighted by molar-refractivity contribution is 0.0955. The van der Waals surface area contributed by atoms with E-state index in [1.807, 2.05) is 38.1 Å².